The average molecular weight is 295 g/mol. The highest BCUT2D eigenvalue weighted by atomic mass is 79.9. The van der Waals surface area contributed by atoms with Crippen molar-refractivity contribution < 1.29 is 4.42 Å². The summed E-state index contributed by atoms with van der Waals surface area (Å²) >= 11 is 3.39. The second-order valence-electron chi connectivity index (χ2n) is 4.06. The Morgan fingerprint density at radius 1 is 1.41 bits per heavy atom. The van der Waals surface area contributed by atoms with E-state index in [9.17, 15) is 0 Å². The molecule has 0 bridgehead atoms. The van der Waals surface area contributed by atoms with Gasteiger partial charge in [0.15, 0.2) is 0 Å². The number of nitrogens with one attached hydrogen (secondary N) is 1. The minimum atomic E-state index is 0.268. The molecule has 4 heteroatoms. The molecule has 0 saturated carbocycles. The van der Waals surface area contributed by atoms with Crippen molar-refractivity contribution in [1.29, 1.82) is 0 Å². The second-order valence-corrected chi connectivity index (χ2v) is 4.98. The van der Waals surface area contributed by atoms with Crippen LogP contribution in [0.25, 0.3) is 0 Å². The molecule has 0 fully saturated rings. The monoisotopic (exact) mass is 294 g/mol. The molecule has 0 spiro atoms. The Bertz CT molecular complexity index is 482. The third kappa shape index (κ3) is 3.27. The summed E-state index contributed by atoms with van der Waals surface area (Å²) < 4.78 is 6.30. The smallest absolute Gasteiger partial charge is 0.105 e. The fourth-order valence-electron chi connectivity index (χ4n) is 1.71. The van der Waals surface area contributed by atoms with Crippen LogP contribution in [0.3, 0.4) is 0 Å². The van der Waals surface area contributed by atoms with E-state index < -0.39 is 0 Å². The Morgan fingerprint density at radius 2 is 2.24 bits per heavy atom. The lowest BCUT2D eigenvalue weighted by atomic mass is 10.1. The Balaban J connectivity index is 2.00. The first-order valence-corrected chi connectivity index (χ1v) is 6.28. The summed E-state index contributed by atoms with van der Waals surface area (Å²) in [6, 6.07) is 9.97. The summed E-state index contributed by atoms with van der Waals surface area (Å²) in [5.41, 5.74) is 7.62. The fourth-order valence-corrected chi connectivity index (χ4v) is 2.09. The van der Waals surface area contributed by atoms with Crippen molar-refractivity contribution in [3.8, 4) is 0 Å². The molecule has 0 aliphatic rings. The maximum Gasteiger partial charge on any atom is 0.105 e. The standard InChI is InChI=1S/C13H15BrN2O/c1-9(7-11-3-2-6-17-11)16-13-5-4-10(14)8-12(13)15/h2-6,8-9,16H,7,15H2,1H3. The van der Waals surface area contributed by atoms with Crippen molar-refractivity contribution in [2.45, 2.75) is 19.4 Å². The van der Waals surface area contributed by atoms with E-state index in [2.05, 4.69) is 28.2 Å². The summed E-state index contributed by atoms with van der Waals surface area (Å²) in [5.74, 6) is 0.973. The highest BCUT2D eigenvalue weighted by Crippen LogP contribution is 2.24. The largest absolute Gasteiger partial charge is 0.469 e. The van der Waals surface area contributed by atoms with E-state index in [0.717, 1.165) is 28.0 Å². The maximum atomic E-state index is 5.93. The van der Waals surface area contributed by atoms with Crippen molar-refractivity contribution in [2.75, 3.05) is 11.1 Å². The third-order valence-corrected chi connectivity index (χ3v) is 3.00. The van der Waals surface area contributed by atoms with Gasteiger partial charge >= 0.3 is 0 Å². The van der Waals surface area contributed by atoms with Crippen LogP contribution in [0.1, 0.15) is 12.7 Å². The minimum absolute atomic E-state index is 0.268. The predicted octanol–water partition coefficient (Wildman–Crippen LogP) is 3.67. The van der Waals surface area contributed by atoms with Crippen molar-refractivity contribution in [3.63, 3.8) is 0 Å². The summed E-state index contributed by atoms with van der Waals surface area (Å²) in [5, 5.41) is 3.37. The Labute approximate surface area is 109 Å². The van der Waals surface area contributed by atoms with Crippen LogP contribution >= 0.6 is 15.9 Å². The van der Waals surface area contributed by atoms with Gasteiger partial charge in [-0.1, -0.05) is 15.9 Å². The molecular formula is C13H15BrN2O. The first kappa shape index (κ1) is 12.0. The molecule has 1 aromatic carbocycles. The van der Waals surface area contributed by atoms with Gasteiger partial charge in [-0.3, -0.25) is 0 Å². The van der Waals surface area contributed by atoms with Crippen LogP contribution in [-0.4, -0.2) is 6.04 Å². The molecule has 1 heterocycles. The number of hydrogen-bond acceptors (Lipinski definition) is 3. The Kier molecular flexibility index (Phi) is 3.74. The lowest BCUT2D eigenvalue weighted by molar-refractivity contribution is 0.498. The van der Waals surface area contributed by atoms with Crippen LogP contribution in [0.4, 0.5) is 11.4 Å². The van der Waals surface area contributed by atoms with Gasteiger partial charge in [-0.15, -0.1) is 0 Å². The van der Waals surface area contributed by atoms with E-state index in [0.29, 0.717) is 0 Å². The quantitative estimate of drug-likeness (QED) is 0.846. The van der Waals surface area contributed by atoms with Crippen LogP contribution in [0.15, 0.2) is 45.5 Å². The van der Waals surface area contributed by atoms with Gasteiger partial charge in [0, 0.05) is 16.9 Å². The van der Waals surface area contributed by atoms with E-state index in [1.807, 2.05) is 30.3 Å². The van der Waals surface area contributed by atoms with Gasteiger partial charge in [0.1, 0.15) is 5.76 Å². The molecule has 0 radical (unpaired) electrons. The zero-order valence-electron chi connectivity index (χ0n) is 9.61. The van der Waals surface area contributed by atoms with E-state index in [-0.39, 0.29) is 6.04 Å². The van der Waals surface area contributed by atoms with E-state index in [4.69, 9.17) is 10.2 Å². The topological polar surface area (TPSA) is 51.2 Å². The third-order valence-electron chi connectivity index (χ3n) is 2.50. The molecule has 0 aliphatic carbocycles. The number of furan rings is 1. The van der Waals surface area contributed by atoms with Crippen molar-refractivity contribution in [2.24, 2.45) is 0 Å². The van der Waals surface area contributed by atoms with Crippen molar-refractivity contribution in [3.05, 3.63) is 46.8 Å². The minimum Gasteiger partial charge on any atom is -0.469 e. The SMILES string of the molecule is CC(Cc1ccco1)Nc1ccc(Br)cc1N. The number of anilines is 2. The van der Waals surface area contributed by atoms with Crippen molar-refractivity contribution >= 4 is 27.3 Å². The van der Waals surface area contributed by atoms with Crippen LogP contribution in [-0.2, 0) is 6.42 Å². The summed E-state index contributed by atoms with van der Waals surface area (Å²) in [4.78, 5) is 0. The van der Waals surface area contributed by atoms with Crippen molar-refractivity contribution in [1.82, 2.24) is 0 Å². The Morgan fingerprint density at radius 3 is 2.88 bits per heavy atom. The van der Waals surface area contributed by atoms with Gasteiger partial charge in [0.2, 0.25) is 0 Å². The molecule has 2 aromatic rings. The molecule has 1 unspecified atom stereocenters. The number of rotatable bonds is 4. The number of nitrogen functional groups attached to an aromatic ring is 1. The molecule has 0 aliphatic heterocycles. The lowest BCUT2D eigenvalue weighted by Gasteiger charge is -2.15. The van der Waals surface area contributed by atoms with Crippen LogP contribution in [0.5, 0.6) is 0 Å². The fraction of sp³-hybridized carbons (Fsp3) is 0.231. The van der Waals surface area contributed by atoms with E-state index in [1.165, 1.54) is 0 Å². The van der Waals surface area contributed by atoms with Gasteiger partial charge in [-0.2, -0.15) is 0 Å². The normalized spacial score (nSPS) is 12.4. The second kappa shape index (κ2) is 5.27. The van der Waals surface area contributed by atoms with E-state index >= 15 is 0 Å². The van der Waals surface area contributed by atoms with Crippen LogP contribution in [0, 0.1) is 0 Å². The van der Waals surface area contributed by atoms with Gasteiger partial charge in [0.25, 0.3) is 0 Å². The van der Waals surface area contributed by atoms with Gasteiger partial charge in [-0.05, 0) is 37.3 Å². The lowest BCUT2D eigenvalue weighted by Crippen LogP contribution is -2.18. The first-order valence-electron chi connectivity index (χ1n) is 5.49. The van der Waals surface area contributed by atoms with Crippen LogP contribution < -0.4 is 11.1 Å². The molecule has 2 rings (SSSR count). The molecule has 1 atom stereocenters. The van der Waals surface area contributed by atoms with Gasteiger partial charge in [-0.25, -0.2) is 0 Å². The Hall–Kier alpha value is -1.42. The van der Waals surface area contributed by atoms with Gasteiger partial charge in [0.05, 0.1) is 17.6 Å². The number of benzene rings is 1. The molecule has 0 saturated heterocycles. The highest BCUT2D eigenvalue weighted by Gasteiger charge is 2.07. The molecule has 1 aromatic heterocycles. The molecular weight excluding hydrogens is 280 g/mol. The zero-order valence-corrected chi connectivity index (χ0v) is 11.2. The molecule has 90 valence electrons. The predicted molar refractivity (Wildman–Crippen MR) is 74.1 cm³/mol. The zero-order chi connectivity index (χ0) is 12.3. The maximum absolute atomic E-state index is 5.93. The first-order chi connectivity index (χ1) is 8.15. The highest BCUT2D eigenvalue weighted by molar-refractivity contribution is 9.10. The van der Waals surface area contributed by atoms with Crippen LogP contribution in [0.2, 0.25) is 0 Å². The number of nitrogens with two attached hydrogens (primary N) is 1. The molecule has 3 nitrogen and oxygen atoms in total. The number of hydrogen-bond donors (Lipinski definition) is 2. The number of halogens is 1. The molecule has 3 N–H and O–H groups in total. The van der Waals surface area contributed by atoms with Gasteiger partial charge < -0.3 is 15.5 Å². The summed E-state index contributed by atoms with van der Waals surface area (Å²) in [6.45, 7) is 2.10. The molecule has 17 heavy (non-hydrogen) atoms. The average Bonchev–Trinajstić information content (AvgIpc) is 2.75. The summed E-state index contributed by atoms with van der Waals surface area (Å²) in [6.07, 6.45) is 2.53. The summed E-state index contributed by atoms with van der Waals surface area (Å²) in [7, 11) is 0. The van der Waals surface area contributed by atoms with E-state index in [1.54, 1.807) is 6.26 Å². The molecule has 0 amide bonds.